The predicted octanol–water partition coefficient (Wildman–Crippen LogP) is 3.56. The SMILES string of the molecule is COC(c1ccccc1)C(O)c1ccc(F)c(C)c1. The van der Waals surface area contributed by atoms with Gasteiger partial charge in [-0.15, -0.1) is 0 Å². The minimum Gasteiger partial charge on any atom is -0.385 e. The average molecular weight is 260 g/mol. The molecular formula is C16H17FO2. The quantitative estimate of drug-likeness (QED) is 0.910. The molecule has 2 unspecified atom stereocenters. The number of aliphatic hydroxyl groups is 1. The van der Waals surface area contributed by atoms with Crippen LogP contribution in [0.2, 0.25) is 0 Å². The van der Waals surface area contributed by atoms with Gasteiger partial charge in [-0.2, -0.15) is 0 Å². The van der Waals surface area contributed by atoms with Crippen molar-refractivity contribution < 1.29 is 14.2 Å². The number of benzene rings is 2. The molecule has 1 N–H and O–H groups in total. The molecule has 0 bridgehead atoms. The number of ether oxygens (including phenoxy) is 1. The van der Waals surface area contributed by atoms with Crippen LogP contribution in [0.3, 0.4) is 0 Å². The Bertz CT molecular complexity index is 540. The van der Waals surface area contributed by atoms with Gasteiger partial charge < -0.3 is 9.84 Å². The molecule has 19 heavy (non-hydrogen) atoms. The Morgan fingerprint density at radius 3 is 2.32 bits per heavy atom. The summed E-state index contributed by atoms with van der Waals surface area (Å²) in [6.45, 7) is 1.68. The molecule has 0 radical (unpaired) electrons. The summed E-state index contributed by atoms with van der Waals surface area (Å²) in [6, 6.07) is 14.1. The van der Waals surface area contributed by atoms with E-state index in [0.29, 0.717) is 11.1 Å². The number of hydrogen-bond donors (Lipinski definition) is 1. The second-order valence-corrected chi connectivity index (χ2v) is 4.52. The van der Waals surface area contributed by atoms with Gasteiger partial charge in [-0.05, 0) is 29.7 Å². The molecule has 0 aliphatic rings. The zero-order valence-corrected chi connectivity index (χ0v) is 11.0. The lowest BCUT2D eigenvalue weighted by Gasteiger charge is -2.22. The minimum absolute atomic E-state index is 0.273. The maximum Gasteiger partial charge on any atom is 0.126 e. The van der Waals surface area contributed by atoms with Crippen molar-refractivity contribution in [3.05, 3.63) is 71.0 Å². The van der Waals surface area contributed by atoms with Crippen LogP contribution >= 0.6 is 0 Å². The molecule has 2 aromatic carbocycles. The number of aryl methyl sites for hydroxylation is 1. The van der Waals surface area contributed by atoms with Gasteiger partial charge in [-0.25, -0.2) is 4.39 Å². The second-order valence-electron chi connectivity index (χ2n) is 4.52. The lowest BCUT2D eigenvalue weighted by Crippen LogP contribution is -2.13. The lowest BCUT2D eigenvalue weighted by molar-refractivity contribution is -0.0149. The summed E-state index contributed by atoms with van der Waals surface area (Å²) in [5.74, 6) is -0.273. The standard InChI is InChI=1S/C16H17FO2/c1-11-10-13(8-9-14(11)17)15(18)16(19-2)12-6-4-3-5-7-12/h3-10,15-16,18H,1-2H3. The molecule has 3 heteroatoms. The van der Waals surface area contributed by atoms with E-state index in [1.54, 1.807) is 26.2 Å². The fourth-order valence-corrected chi connectivity index (χ4v) is 2.12. The smallest absolute Gasteiger partial charge is 0.126 e. The Hall–Kier alpha value is -1.71. The van der Waals surface area contributed by atoms with Gasteiger partial charge in [0, 0.05) is 7.11 Å². The highest BCUT2D eigenvalue weighted by atomic mass is 19.1. The van der Waals surface area contributed by atoms with Crippen molar-refractivity contribution in [1.29, 1.82) is 0 Å². The van der Waals surface area contributed by atoms with Gasteiger partial charge in [0.15, 0.2) is 0 Å². The molecule has 2 rings (SSSR count). The van der Waals surface area contributed by atoms with Crippen LogP contribution in [0.15, 0.2) is 48.5 Å². The molecule has 0 aliphatic carbocycles. The van der Waals surface area contributed by atoms with Gasteiger partial charge in [0.1, 0.15) is 18.0 Å². The van der Waals surface area contributed by atoms with Gasteiger partial charge in [-0.3, -0.25) is 0 Å². The maximum atomic E-state index is 13.3. The van der Waals surface area contributed by atoms with E-state index in [0.717, 1.165) is 5.56 Å². The molecule has 0 saturated heterocycles. The van der Waals surface area contributed by atoms with Crippen molar-refractivity contribution in [1.82, 2.24) is 0 Å². The zero-order chi connectivity index (χ0) is 13.8. The largest absolute Gasteiger partial charge is 0.385 e. The highest BCUT2D eigenvalue weighted by Crippen LogP contribution is 2.31. The van der Waals surface area contributed by atoms with Gasteiger partial charge in [0.05, 0.1) is 0 Å². The highest BCUT2D eigenvalue weighted by Gasteiger charge is 2.22. The van der Waals surface area contributed by atoms with Crippen LogP contribution in [0.1, 0.15) is 28.9 Å². The fraction of sp³-hybridized carbons (Fsp3) is 0.250. The van der Waals surface area contributed by atoms with Crippen LogP contribution in [0, 0.1) is 12.7 Å². The van der Waals surface area contributed by atoms with Crippen molar-refractivity contribution in [2.75, 3.05) is 7.11 Å². The summed E-state index contributed by atoms with van der Waals surface area (Å²) < 4.78 is 18.6. The predicted molar refractivity (Wildman–Crippen MR) is 72.3 cm³/mol. The normalized spacial score (nSPS) is 14.1. The van der Waals surface area contributed by atoms with Crippen molar-refractivity contribution in [3.8, 4) is 0 Å². The minimum atomic E-state index is -0.827. The lowest BCUT2D eigenvalue weighted by atomic mass is 9.97. The summed E-state index contributed by atoms with van der Waals surface area (Å²) in [7, 11) is 1.55. The Labute approximate surface area is 112 Å². The van der Waals surface area contributed by atoms with E-state index in [1.165, 1.54) is 6.07 Å². The van der Waals surface area contributed by atoms with Crippen molar-refractivity contribution in [3.63, 3.8) is 0 Å². The van der Waals surface area contributed by atoms with E-state index >= 15 is 0 Å². The molecule has 0 aliphatic heterocycles. The van der Waals surface area contributed by atoms with Crippen LogP contribution in [-0.2, 0) is 4.74 Å². The van der Waals surface area contributed by atoms with Gasteiger partial charge in [0.25, 0.3) is 0 Å². The van der Waals surface area contributed by atoms with E-state index in [1.807, 2.05) is 30.3 Å². The van der Waals surface area contributed by atoms with Crippen LogP contribution < -0.4 is 0 Å². The third-order valence-electron chi connectivity index (χ3n) is 3.19. The van der Waals surface area contributed by atoms with Crippen LogP contribution in [0.25, 0.3) is 0 Å². The first kappa shape index (κ1) is 13.7. The summed E-state index contributed by atoms with van der Waals surface area (Å²) in [6.07, 6.45) is -1.29. The molecule has 0 saturated carbocycles. The summed E-state index contributed by atoms with van der Waals surface area (Å²) >= 11 is 0. The van der Waals surface area contributed by atoms with Crippen molar-refractivity contribution in [2.24, 2.45) is 0 Å². The molecule has 0 spiro atoms. The Morgan fingerprint density at radius 1 is 1.05 bits per heavy atom. The van der Waals surface area contributed by atoms with E-state index in [4.69, 9.17) is 4.74 Å². The van der Waals surface area contributed by atoms with Crippen LogP contribution in [-0.4, -0.2) is 12.2 Å². The first-order chi connectivity index (χ1) is 9.13. The Morgan fingerprint density at radius 2 is 1.74 bits per heavy atom. The number of rotatable bonds is 4. The molecule has 2 aromatic rings. The molecule has 0 fully saturated rings. The van der Waals surface area contributed by atoms with Gasteiger partial charge in [0.2, 0.25) is 0 Å². The van der Waals surface area contributed by atoms with E-state index in [-0.39, 0.29) is 5.82 Å². The Kier molecular flexibility index (Phi) is 4.30. The number of aliphatic hydroxyl groups excluding tert-OH is 1. The fourth-order valence-electron chi connectivity index (χ4n) is 2.12. The van der Waals surface area contributed by atoms with Crippen molar-refractivity contribution in [2.45, 2.75) is 19.1 Å². The second kappa shape index (κ2) is 5.95. The molecule has 0 aromatic heterocycles. The monoisotopic (exact) mass is 260 g/mol. The maximum absolute atomic E-state index is 13.3. The van der Waals surface area contributed by atoms with Crippen LogP contribution in [0.4, 0.5) is 4.39 Å². The van der Waals surface area contributed by atoms with Gasteiger partial charge >= 0.3 is 0 Å². The van der Waals surface area contributed by atoms with Crippen molar-refractivity contribution >= 4 is 0 Å². The van der Waals surface area contributed by atoms with E-state index < -0.39 is 12.2 Å². The Balaban J connectivity index is 2.30. The molecule has 100 valence electrons. The molecule has 2 atom stereocenters. The molecule has 0 heterocycles. The highest BCUT2D eigenvalue weighted by molar-refractivity contribution is 5.29. The first-order valence-electron chi connectivity index (χ1n) is 6.15. The van der Waals surface area contributed by atoms with Gasteiger partial charge in [-0.1, -0.05) is 42.5 Å². The molecule has 2 nitrogen and oxygen atoms in total. The zero-order valence-electron chi connectivity index (χ0n) is 11.0. The first-order valence-corrected chi connectivity index (χ1v) is 6.15. The van der Waals surface area contributed by atoms with Crippen LogP contribution in [0.5, 0.6) is 0 Å². The summed E-state index contributed by atoms with van der Waals surface area (Å²) in [5, 5.41) is 10.4. The molecule has 0 amide bonds. The van der Waals surface area contributed by atoms with E-state index in [9.17, 15) is 9.50 Å². The third-order valence-corrected chi connectivity index (χ3v) is 3.19. The number of methoxy groups -OCH3 is 1. The third kappa shape index (κ3) is 3.00. The average Bonchev–Trinajstić information content (AvgIpc) is 2.44. The number of hydrogen-bond acceptors (Lipinski definition) is 2. The van der Waals surface area contributed by atoms with E-state index in [2.05, 4.69) is 0 Å². The summed E-state index contributed by atoms with van der Waals surface area (Å²) in [4.78, 5) is 0. The topological polar surface area (TPSA) is 29.5 Å². The molecular weight excluding hydrogens is 243 g/mol. The number of halogens is 1. The summed E-state index contributed by atoms with van der Waals surface area (Å²) in [5.41, 5.74) is 2.05.